The van der Waals surface area contributed by atoms with Crippen molar-refractivity contribution in [1.82, 2.24) is 5.32 Å². The van der Waals surface area contributed by atoms with E-state index >= 15 is 0 Å². The van der Waals surface area contributed by atoms with E-state index < -0.39 is 23.0 Å². The summed E-state index contributed by atoms with van der Waals surface area (Å²) in [7, 11) is 0. The Hall–Kier alpha value is -3.46. The second-order valence-electron chi connectivity index (χ2n) is 6.62. The first-order valence-electron chi connectivity index (χ1n) is 9.62. The summed E-state index contributed by atoms with van der Waals surface area (Å²) in [6.45, 7) is 0.689. The second-order valence-corrected chi connectivity index (χ2v) is 6.62. The molecule has 0 saturated carbocycles. The zero-order chi connectivity index (χ0) is 21.8. The number of esters is 1. The van der Waals surface area contributed by atoms with Gasteiger partial charge < -0.3 is 20.5 Å². The fourth-order valence-electron chi connectivity index (χ4n) is 2.58. The van der Waals surface area contributed by atoms with Gasteiger partial charge in [0.05, 0.1) is 4.92 Å². The van der Waals surface area contributed by atoms with E-state index in [2.05, 4.69) is 5.32 Å². The lowest BCUT2D eigenvalue weighted by Gasteiger charge is -2.11. The third-order valence-electron chi connectivity index (χ3n) is 4.24. The van der Waals surface area contributed by atoms with Crippen molar-refractivity contribution in [3.63, 3.8) is 0 Å². The number of non-ortho nitro benzene ring substituents is 1. The summed E-state index contributed by atoms with van der Waals surface area (Å²) in [6.07, 6.45) is 2.16. The predicted octanol–water partition coefficient (Wildman–Crippen LogP) is 3.31. The molecule has 160 valence electrons. The molecule has 1 amide bonds. The highest BCUT2D eigenvalue weighted by molar-refractivity contribution is 5.77. The maximum absolute atomic E-state index is 12.0. The molecule has 2 aromatic carbocycles. The van der Waals surface area contributed by atoms with E-state index in [1.807, 2.05) is 30.3 Å². The molecule has 1 unspecified atom stereocenters. The van der Waals surface area contributed by atoms with Crippen LogP contribution in [0.4, 0.5) is 10.5 Å². The molecule has 1 atom stereocenters. The summed E-state index contributed by atoms with van der Waals surface area (Å²) < 4.78 is 10.2. The van der Waals surface area contributed by atoms with Crippen molar-refractivity contribution in [2.45, 2.75) is 38.3 Å². The van der Waals surface area contributed by atoms with Crippen LogP contribution >= 0.6 is 0 Å². The summed E-state index contributed by atoms with van der Waals surface area (Å²) in [5.41, 5.74) is 6.66. The Labute approximate surface area is 174 Å². The SMILES string of the molecule is NC(CCCCCNC(=O)OCc1ccccc1)C(=O)Oc1ccc([N+](=O)[O-])cc1. The number of benzene rings is 2. The number of nitrogens with one attached hydrogen (secondary N) is 1. The number of carbonyl (C=O) groups excluding carboxylic acids is 2. The molecular formula is C21H25N3O6. The standard InChI is InChI=1S/C21H25N3O6/c22-19(20(25)30-18-12-10-17(11-13-18)24(27)28)9-5-2-6-14-23-21(26)29-15-16-7-3-1-4-8-16/h1,3-4,7-8,10-13,19H,2,5-6,9,14-15,22H2,(H,23,26). The maximum Gasteiger partial charge on any atom is 0.407 e. The Kier molecular flexibility index (Phi) is 9.26. The fraction of sp³-hybridized carbons (Fsp3) is 0.333. The molecular weight excluding hydrogens is 390 g/mol. The van der Waals surface area contributed by atoms with Crippen LogP contribution in [0.15, 0.2) is 54.6 Å². The van der Waals surface area contributed by atoms with Gasteiger partial charge in [0.2, 0.25) is 0 Å². The Bertz CT molecular complexity index is 826. The number of nitro groups is 1. The van der Waals surface area contributed by atoms with Gasteiger partial charge in [-0.1, -0.05) is 43.2 Å². The summed E-state index contributed by atoms with van der Waals surface area (Å²) in [5.74, 6) is -0.384. The third kappa shape index (κ3) is 8.27. The zero-order valence-electron chi connectivity index (χ0n) is 16.5. The molecule has 0 aliphatic carbocycles. The first-order chi connectivity index (χ1) is 14.5. The van der Waals surface area contributed by atoms with E-state index in [4.69, 9.17) is 15.2 Å². The normalized spacial score (nSPS) is 11.4. The number of nitro benzene ring substituents is 1. The highest BCUT2D eigenvalue weighted by Crippen LogP contribution is 2.18. The van der Waals surface area contributed by atoms with Crippen LogP contribution in [0, 0.1) is 10.1 Å². The minimum Gasteiger partial charge on any atom is -0.445 e. The van der Waals surface area contributed by atoms with Gasteiger partial charge in [-0.2, -0.15) is 0 Å². The molecule has 9 nitrogen and oxygen atoms in total. The molecule has 0 aliphatic rings. The van der Waals surface area contributed by atoms with E-state index in [0.717, 1.165) is 18.4 Å². The van der Waals surface area contributed by atoms with Crippen LogP contribution in [0.25, 0.3) is 0 Å². The molecule has 0 fully saturated rings. The number of hydrogen-bond acceptors (Lipinski definition) is 7. The molecule has 0 heterocycles. The molecule has 3 N–H and O–H groups in total. The highest BCUT2D eigenvalue weighted by Gasteiger charge is 2.16. The van der Waals surface area contributed by atoms with Crippen LogP contribution in [0.5, 0.6) is 5.75 Å². The van der Waals surface area contributed by atoms with E-state index in [1.165, 1.54) is 24.3 Å². The average Bonchev–Trinajstić information content (AvgIpc) is 2.75. The lowest BCUT2D eigenvalue weighted by Crippen LogP contribution is -2.34. The Morgan fingerprint density at radius 3 is 2.40 bits per heavy atom. The number of nitrogens with zero attached hydrogens (tertiary/aromatic N) is 1. The molecule has 9 heteroatoms. The number of nitrogens with two attached hydrogens (primary N) is 1. The Balaban J connectivity index is 1.54. The van der Waals surface area contributed by atoms with Crippen LogP contribution in [-0.4, -0.2) is 29.6 Å². The molecule has 2 aromatic rings. The van der Waals surface area contributed by atoms with Crippen molar-refractivity contribution >= 4 is 17.7 Å². The zero-order valence-corrected chi connectivity index (χ0v) is 16.5. The van der Waals surface area contributed by atoms with Gasteiger partial charge in [0.25, 0.3) is 5.69 Å². The molecule has 0 aliphatic heterocycles. The van der Waals surface area contributed by atoms with Crippen molar-refractivity contribution in [2.24, 2.45) is 5.73 Å². The minimum absolute atomic E-state index is 0.0864. The summed E-state index contributed by atoms with van der Waals surface area (Å²) in [6, 6.07) is 13.8. The van der Waals surface area contributed by atoms with Gasteiger partial charge in [0.1, 0.15) is 18.4 Å². The van der Waals surface area contributed by atoms with Crippen molar-refractivity contribution in [3.8, 4) is 5.75 Å². The lowest BCUT2D eigenvalue weighted by atomic mass is 10.1. The number of rotatable bonds is 11. The molecule has 0 spiro atoms. The highest BCUT2D eigenvalue weighted by atomic mass is 16.6. The van der Waals surface area contributed by atoms with E-state index in [-0.39, 0.29) is 18.0 Å². The molecule has 30 heavy (non-hydrogen) atoms. The topological polar surface area (TPSA) is 134 Å². The predicted molar refractivity (Wildman–Crippen MR) is 110 cm³/mol. The van der Waals surface area contributed by atoms with Gasteiger partial charge in [0, 0.05) is 18.7 Å². The first-order valence-corrected chi connectivity index (χ1v) is 9.62. The second kappa shape index (κ2) is 12.2. The number of hydrogen-bond donors (Lipinski definition) is 2. The molecule has 0 radical (unpaired) electrons. The van der Waals surface area contributed by atoms with E-state index in [1.54, 1.807) is 0 Å². The summed E-state index contributed by atoms with van der Waals surface area (Å²) >= 11 is 0. The summed E-state index contributed by atoms with van der Waals surface area (Å²) in [4.78, 5) is 33.7. The average molecular weight is 415 g/mol. The van der Waals surface area contributed by atoms with Gasteiger partial charge in [0.15, 0.2) is 0 Å². The van der Waals surface area contributed by atoms with E-state index in [0.29, 0.717) is 19.4 Å². The smallest absolute Gasteiger partial charge is 0.407 e. The quantitative estimate of drug-likeness (QED) is 0.189. The molecule has 0 aromatic heterocycles. The van der Waals surface area contributed by atoms with Gasteiger partial charge in [-0.15, -0.1) is 0 Å². The van der Waals surface area contributed by atoms with Gasteiger partial charge in [-0.25, -0.2) is 9.59 Å². The molecule has 0 bridgehead atoms. The lowest BCUT2D eigenvalue weighted by molar-refractivity contribution is -0.384. The Morgan fingerprint density at radius 2 is 1.73 bits per heavy atom. The van der Waals surface area contributed by atoms with Crippen LogP contribution in [-0.2, 0) is 16.1 Å². The number of carbonyl (C=O) groups is 2. The van der Waals surface area contributed by atoms with Crippen molar-refractivity contribution < 1.29 is 24.0 Å². The maximum atomic E-state index is 12.0. The number of alkyl carbamates (subject to hydrolysis) is 1. The van der Waals surface area contributed by atoms with Gasteiger partial charge in [-0.05, 0) is 30.5 Å². The summed E-state index contributed by atoms with van der Waals surface area (Å²) in [5, 5.41) is 13.3. The van der Waals surface area contributed by atoms with Crippen LogP contribution in [0.2, 0.25) is 0 Å². The van der Waals surface area contributed by atoms with Gasteiger partial charge >= 0.3 is 12.1 Å². The van der Waals surface area contributed by atoms with Crippen molar-refractivity contribution in [3.05, 3.63) is 70.3 Å². The largest absolute Gasteiger partial charge is 0.445 e. The van der Waals surface area contributed by atoms with Crippen LogP contribution in [0.1, 0.15) is 31.2 Å². The molecule has 0 saturated heterocycles. The van der Waals surface area contributed by atoms with Crippen molar-refractivity contribution in [1.29, 1.82) is 0 Å². The van der Waals surface area contributed by atoms with Gasteiger partial charge in [-0.3, -0.25) is 10.1 Å². The number of amides is 1. The third-order valence-corrected chi connectivity index (χ3v) is 4.24. The van der Waals surface area contributed by atoms with Crippen LogP contribution < -0.4 is 15.8 Å². The van der Waals surface area contributed by atoms with Crippen LogP contribution in [0.3, 0.4) is 0 Å². The monoisotopic (exact) mass is 415 g/mol. The van der Waals surface area contributed by atoms with E-state index in [9.17, 15) is 19.7 Å². The fourth-order valence-corrected chi connectivity index (χ4v) is 2.58. The number of ether oxygens (including phenoxy) is 2. The Morgan fingerprint density at radius 1 is 1.03 bits per heavy atom. The molecule has 2 rings (SSSR count). The number of unbranched alkanes of at least 4 members (excludes halogenated alkanes) is 2. The van der Waals surface area contributed by atoms with Crippen molar-refractivity contribution in [2.75, 3.05) is 6.54 Å². The minimum atomic E-state index is -0.788. The first kappa shape index (κ1) is 22.8.